The Balaban J connectivity index is 3.10. The second-order valence-electron chi connectivity index (χ2n) is 4.59. The second-order valence-corrected chi connectivity index (χ2v) is 4.59. The number of amides is 1. The molecule has 1 aromatic carbocycles. The number of aliphatic carboxylic acids is 1. The van der Waals surface area contributed by atoms with E-state index in [4.69, 9.17) is 14.2 Å². The second kappa shape index (κ2) is 6.94. The van der Waals surface area contributed by atoms with Crippen molar-refractivity contribution in [1.29, 1.82) is 0 Å². The van der Waals surface area contributed by atoms with E-state index in [1.807, 2.05) is 0 Å². The number of nitrogens with one attached hydrogen (secondary N) is 1. The number of benzene rings is 1. The highest BCUT2D eigenvalue weighted by molar-refractivity contribution is 6.00. The van der Waals surface area contributed by atoms with Gasteiger partial charge in [0.25, 0.3) is 5.91 Å². The number of carboxylic acids is 1. The first-order valence-corrected chi connectivity index (χ1v) is 6.15. The molecule has 7 nitrogen and oxygen atoms in total. The third-order valence-electron chi connectivity index (χ3n) is 2.95. The Morgan fingerprint density at radius 3 is 2.38 bits per heavy atom. The molecule has 0 spiro atoms. The van der Waals surface area contributed by atoms with Gasteiger partial charge in [-0.15, -0.1) is 0 Å². The van der Waals surface area contributed by atoms with Gasteiger partial charge in [-0.05, 0) is 25.1 Å². The van der Waals surface area contributed by atoms with E-state index in [1.165, 1.54) is 34.3 Å². The smallest absolute Gasteiger partial charge is 0.331 e. The minimum absolute atomic E-state index is 0.166. The van der Waals surface area contributed by atoms with E-state index < -0.39 is 17.4 Å². The molecule has 0 radical (unpaired) electrons. The molecule has 0 aliphatic heterocycles. The zero-order valence-electron chi connectivity index (χ0n) is 12.4. The van der Waals surface area contributed by atoms with Crippen LogP contribution in [0.3, 0.4) is 0 Å². The van der Waals surface area contributed by atoms with Crippen molar-refractivity contribution >= 4 is 11.9 Å². The first kappa shape index (κ1) is 16.8. The first-order chi connectivity index (χ1) is 9.87. The van der Waals surface area contributed by atoms with Crippen LogP contribution in [0.25, 0.3) is 0 Å². The molecular weight excluding hydrogens is 278 g/mol. The molecule has 21 heavy (non-hydrogen) atoms. The summed E-state index contributed by atoms with van der Waals surface area (Å²) in [6.45, 7) is 1.20. The van der Waals surface area contributed by atoms with Crippen LogP contribution in [0.1, 0.15) is 17.3 Å². The lowest BCUT2D eigenvalue weighted by atomic mass is 10.0. The van der Waals surface area contributed by atoms with Crippen molar-refractivity contribution in [2.24, 2.45) is 0 Å². The fourth-order valence-electron chi connectivity index (χ4n) is 1.75. The van der Waals surface area contributed by atoms with E-state index in [2.05, 4.69) is 5.32 Å². The average molecular weight is 297 g/mol. The Labute approximate surface area is 122 Å². The predicted octanol–water partition coefficient (Wildman–Crippen LogP) is 0.923. The molecule has 0 aliphatic carbocycles. The van der Waals surface area contributed by atoms with Crippen LogP contribution >= 0.6 is 0 Å². The number of rotatable bonds is 7. The normalized spacial score (nSPS) is 13.1. The Bertz CT molecular complexity index is 530. The number of carboxylic acid groups (broad SMARTS) is 1. The maximum Gasteiger partial charge on any atom is 0.331 e. The molecule has 1 aromatic rings. The van der Waals surface area contributed by atoms with Gasteiger partial charge >= 0.3 is 5.97 Å². The molecule has 0 saturated heterocycles. The average Bonchev–Trinajstić information content (AvgIpc) is 2.46. The Kier molecular flexibility index (Phi) is 5.54. The molecule has 0 aliphatic rings. The molecule has 1 rings (SSSR count). The molecule has 0 fully saturated rings. The molecule has 0 heterocycles. The fourth-order valence-corrected chi connectivity index (χ4v) is 1.75. The summed E-state index contributed by atoms with van der Waals surface area (Å²) in [6, 6.07) is 4.69. The third kappa shape index (κ3) is 3.85. The van der Waals surface area contributed by atoms with E-state index in [1.54, 1.807) is 12.1 Å². The van der Waals surface area contributed by atoms with Crippen molar-refractivity contribution < 1.29 is 28.9 Å². The topological polar surface area (TPSA) is 94.1 Å². The summed E-state index contributed by atoms with van der Waals surface area (Å²) in [7, 11) is 4.25. The van der Waals surface area contributed by atoms with E-state index in [0.29, 0.717) is 11.5 Å². The van der Waals surface area contributed by atoms with E-state index in [-0.39, 0.29) is 12.2 Å². The fraction of sp³-hybridized carbons (Fsp3) is 0.429. The van der Waals surface area contributed by atoms with E-state index in [0.717, 1.165) is 0 Å². The molecule has 116 valence electrons. The summed E-state index contributed by atoms with van der Waals surface area (Å²) in [6.07, 6.45) is 0. The lowest BCUT2D eigenvalue weighted by molar-refractivity contribution is -0.145. The molecule has 0 aromatic heterocycles. The highest BCUT2D eigenvalue weighted by Gasteiger charge is 2.35. The standard InChI is InChI=1S/C14H19NO6/c1-14(8-19-2,13(17)18)15-12(16)10-7-9(20-3)5-6-11(10)21-4/h5-7H,8H2,1-4H3,(H,15,16)(H,17,18). The van der Waals surface area contributed by atoms with Gasteiger partial charge in [-0.25, -0.2) is 4.79 Å². The highest BCUT2D eigenvalue weighted by atomic mass is 16.5. The number of methoxy groups -OCH3 is 3. The lowest BCUT2D eigenvalue weighted by Gasteiger charge is -2.25. The predicted molar refractivity (Wildman–Crippen MR) is 74.9 cm³/mol. The number of hydrogen-bond acceptors (Lipinski definition) is 5. The van der Waals surface area contributed by atoms with Crippen LogP contribution in [0.5, 0.6) is 11.5 Å². The van der Waals surface area contributed by atoms with Gasteiger partial charge in [-0.1, -0.05) is 0 Å². The molecule has 0 bridgehead atoms. The van der Waals surface area contributed by atoms with Gasteiger partial charge < -0.3 is 24.6 Å². The number of ether oxygens (including phenoxy) is 3. The SMILES string of the molecule is COCC(C)(NC(=O)c1cc(OC)ccc1OC)C(=O)O. The maximum absolute atomic E-state index is 12.3. The van der Waals surface area contributed by atoms with Crippen LogP contribution in [-0.2, 0) is 9.53 Å². The van der Waals surface area contributed by atoms with Crippen molar-refractivity contribution in [3.8, 4) is 11.5 Å². The lowest BCUT2D eigenvalue weighted by Crippen LogP contribution is -2.55. The van der Waals surface area contributed by atoms with E-state index >= 15 is 0 Å². The molecule has 7 heteroatoms. The largest absolute Gasteiger partial charge is 0.497 e. The third-order valence-corrected chi connectivity index (χ3v) is 2.95. The molecular formula is C14H19NO6. The Morgan fingerprint density at radius 2 is 1.90 bits per heavy atom. The molecule has 1 amide bonds. The van der Waals surface area contributed by atoms with Crippen LogP contribution in [0, 0.1) is 0 Å². The molecule has 1 unspecified atom stereocenters. The van der Waals surface area contributed by atoms with Crippen molar-refractivity contribution in [1.82, 2.24) is 5.32 Å². The van der Waals surface area contributed by atoms with Gasteiger partial charge in [0.05, 0.1) is 26.4 Å². The van der Waals surface area contributed by atoms with Crippen LogP contribution in [0.15, 0.2) is 18.2 Å². The highest BCUT2D eigenvalue weighted by Crippen LogP contribution is 2.24. The Hall–Kier alpha value is -2.28. The monoisotopic (exact) mass is 297 g/mol. The first-order valence-electron chi connectivity index (χ1n) is 6.15. The van der Waals surface area contributed by atoms with Gasteiger partial charge in [-0.2, -0.15) is 0 Å². The zero-order chi connectivity index (χ0) is 16.0. The molecule has 0 saturated carbocycles. The van der Waals surface area contributed by atoms with Crippen LogP contribution in [-0.4, -0.2) is 50.5 Å². The summed E-state index contributed by atoms with van der Waals surface area (Å²) in [5.74, 6) is -1.00. The van der Waals surface area contributed by atoms with E-state index in [9.17, 15) is 14.7 Å². The van der Waals surface area contributed by atoms with Crippen molar-refractivity contribution in [3.05, 3.63) is 23.8 Å². The minimum atomic E-state index is -1.54. The van der Waals surface area contributed by atoms with Gasteiger partial charge in [-0.3, -0.25) is 4.79 Å². The van der Waals surface area contributed by atoms with Gasteiger partial charge in [0.2, 0.25) is 0 Å². The summed E-state index contributed by atoms with van der Waals surface area (Å²) in [5, 5.41) is 11.7. The van der Waals surface area contributed by atoms with Crippen LogP contribution < -0.4 is 14.8 Å². The summed E-state index contributed by atoms with van der Waals surface area (Å²) < 4.78 is 15.0. The van der Waals surface area contributed by atoms with Gasteiger partial charge in [0, 0.05) is 7.11 Å². The van der Waals surface area contributed by atoms with Gasteiger partial charge in [0.15, 0.2) is 5.54 Å². The van der Waals surface area contributed by atoms with Crippen molar-refractivity contribution in [3.63, 3.8) is 0 Å². The van der Waals surface area contributed by atoms with Crippen LogP contribution in [0.4, 0.5) is 0 Å². The summed E-state index contributed by atoms with van der Waals surface area (Å²) in [5.41, 5.74) is -1.36. The number of carbonyl (C=O) groups is 2. The molecule has 2 N–H and O–H groups in total. The Morgan fingerprint density at radius 1 is 1.24 bits per heavy atom. The maximum atomic E-state index is 12.3. The summed E-state index contributed by atoms with van der Waals surface area (Å²) >= 11 is 0. The molecule has 1 atom stereocenters. The number of carbonyl (C=O) groups excluding carboxylic acids is 1. The van der Waals surface area contributed by atoms with Crippen LogP contribution in [0.2, 0.25) is 0 Å². The minimum Gasteiger partial charge on any atom is -0.497 e. The van der Waals surface area contributed by atoms with Gasteiger partial charge in [0.1, 0.15) is 11.5 Å². The van der Waals surface area contributed by atoms with Crippen molar-refractivity contribution in [2.75, 3.05) is 27.9 Å². The number of hydrogen-bond donors (Lipinski definition) is 2. The quantitative estimate of drug-likeness (QED) is 0.777. The summed E-state index contributed by atoms with van der Waals surface area (Å²) in [4.78, 5) is 23.6. The zero-order valence-corrected chi connectivity index (χ0v) is 12.4. The van der Waals surface area contributed by atoms with Crippen molar-refractivity contribution in [2.45, 2.75) is 12.5 Å².